The van der Waals surface area contributed by atoms with Crippen molar-refractivity contribution in [2.75, 3.05) is 33.7 Å². The number of nitrogens with zero attached hydrogens (tertiary/aromatic N) is 1. The lowest BCUT2D eigenvalue weighted by atomic mass is 9.74. The van der Waals surface area contributed by atoms with Crippen LogP contribution in [0.2, 0.25) is 0 Å². The average molecular weight is 281 g/mol. The van der Waals surface area contributed by atoms with Gasteiger partial charge in [-0.1, -0.05) is 25.5 Å². The second-order valence-electron chi connectivity index (χ2n) is 6.99. The average Bonchev–Trinajstić information content (AvgIpc) is 2.30. The largest absolute Gasteiger partial charge is 0.342 e. The smallest absolute Gasteiger partial charge is 0.219 e. The molecule has 0 aromatic rings. The summed E-state index contributed by atoms with van der Waals surface area (Å²) in [6.07, 6.45) is 4.67. The zero-order valence-corrected chi connectivity index (χ0v) is 14.2. The van der Waals surface area contributed by atoms with E-state index in [-0.39, 0.29) is 5.91 Å². The molecule has 0 fully saturated rings. The molecule has 0 aliphatic heterocycles. The van der Waals surface area contributed by atoms with Crippen molar-refractivity contribution in [3.63, 3.8) is 0 Å². The van der Waals surface area contributed by atoms with Gasteiger partial charge in [0.1, 0.15) is 0 Å². The van der Waals surface area contributed by atoms with E-state index in [1.54, 1.807) is 6.92 Å². The summed E-state index contributed by atoms with van der Waals surface area (Å²) in [7, 11) is 4.33. The molecule has 0 saturated heterocycles. The first-order chi connectivity index (χ1) is 9.31. The van der Waals surface area contributed by atoms with Gasteiger partial charge in [0.05, 0.1) is 20.6 Å². The molecule has 0 heterocycles. The predicted molar refractivity (Wildman–Crippen MR) is 84.7 cm³/mol. The van der Waals surface area contributed by atoms with Crippen LogP contribution >= 0.6 is 0 Å². The highest BCUT2D eigenvalue weighted by Crippen LogP contribution is 2.34. The van der Waals surface area contributed by atoms with Crippen LogP contribution in [0.1, 0.15) is 40.5 Å². The molecule has 1 amide bonds. The molecule has 1 N–H and O–H groups in total. The fraction of sp³-hybridized carbons (Fsp3) is 0.824. The number of hydrogen-bond donors (Lipinski definition) is 1. The van der Waals surface area contributed by atoms with Crippen molar-refractivity contribution >= 4 is 5.91 Å². The van der Waals surface area contributed by atoms with Crippen molar-refractivity contribution in [2.45, 2.75) is 40.5 Å². The third kappa shape index (κ3) is 5.28. The van der Waals surface area contributed by atoms with E-state index in [1.807, 2.05) is 0 Å². The van der Waals surface area contributed by atoms with Crippen molar-refractivity contribution in [3.05, 3.63) is 11.6 Å². The van der Waals surface area contributed by atoms with Gasteiger partial charge in [0.15, 0.2) is 0 Å². The van der Waals surface area contributed by atoms with Gasteiger partial charge >= 0.3 is 0 Å². The lowest BCUT2D eigenvalue weighted by Gasteiger charge is -2.36. The van der Waals surface area contributed by atoms with Crippen LogP contribution in [0, 0.1) is 17.8 Å². The number of rotatable bonds is 6. The maximum atomic E-state index is 11.9. The van der Waals surface area contributed by atoms with Crippen LogP contribution in [0.25, 0.3) is 0 Å². The standard InChI is InChI=1S/C17H32N2O/c1-13-10-14(2)17(15(3)11-13)12-19(16(4)20)9-7-8-18(5)6/h10,14-15,17H,7-9,11-12H2,1-6H3/p+1/t14-,15-,17+/m1/s1. The summed E-state index contributed by atoms with van der Waals surface area (Å²) in [5, 5.41) is 0. The van der Waals surface area contributed by atoms with Gasteiger partial charge in [-0.15, -0.1) is 0 Å². The van der Waals surface area contributed by atoms with Crippen molar-refractivity contribution in [2.24, 2.45) is 17.8 Å². The van der Waals surface area contributed by atoms with Crippen LogP contribution in [0.4, 0.5) is 0 Å². The van der Waals surface area contributed by atoms with E-state index in [4.69, 9.17) is 0 Å². The number of hydrogen-bond acceptors (Lipinski definition) is 1. The van der Waals surface area contributed by atoms with Crippen molar-refractivity contribution in [1.29, 1.82) is 0 Å². The van der Waals surface area contributed by atoms with Gasteiger partial charge < -0.3 is 9.80 Å². The van der Waals surface area contributed by atoms with Crippen molar-refractivity contribution in [1.82, 2.24) is 4.90 Å². The first-order valence-corrected chi connectivity index (χ1v) is 8.03. The minimum absolute atomic E-state index is 0.226. The Bertz CT molecular complexity index is 349. The summed E-state index contributed by atoms with van der Waals surface area (Å²) in [6, 6.07) is 0. The number of carbonyl (C=O) groups is 1. The minimum atomic E-state index is 0.226. The Kier molecular flexibility index (Phi) is 6.74. The van der Waals surface area contributed by atoms with Gasteiger partial charge in [-0.25, -0.2) is 0 Å². The zero-order chi connectivity index (χ0) is 15.3. The molecule has 0 unspecified atom stereocenters. The summed E-state index contributed by atoms with van der Waals surface area (Å²) in [5.41, 5.74) is 1.51. The third-order valence-electron chi connectivity index (χ3n) is 4.58. The van der Waals surface area contributed by atoms with E-state index in [2.05, 4.69) is 45.8 Å². The summed E-state index contributed by atoms with van der Waals surface area (Å²) in [6.45, 7) is 11.5. The molecular formula is C17H33N2O+. The quantitative estimate of drug-likeness (QED) is 0.735. The lowest BCUT2D eigenvalue weighted by Crippen LogP contribution is -3.05. The molecule has 0 radical (unpaired) electrons. The number of quaternary nitrogens is 1. The SMILES string of the molecule is CC(=O)N(CCC[NH+](C)C)C[C@H]1[C@H](C)C=C(C)C[C@H]1C. The van der Waals surface area contributed by atoms with Crippen LogP contribution < -0.4 is 4.90 Å². The van der Waals surface area contributed by atoms with Crippen molar-refractivity contribution < 1.29 is 9.69 Å². The lowest BCUT2D eigenvalue weighted by molar-refractivity contribution is -0.858. The normalized spacial score (nSPS) is 26.6. The monoisotopic (exact) mass is 281 g/mol. The predicted octanol–water partition coefficient (Wildman–Crippen LogP) is 1.61. The highest BCUT2D eigenvalue weighted by molar-refractivity contribution is 5.73. The molecule has 3 atom stereocenters. The number of carbonyl (C=O) groups excluding carboxylic acids is 1. The second-order valence-corrected chi connectivity index (χ2v) is 6.99. The van der Waals surface area contributed by atoms with E-state index in [0.29, 0.717) is 17.8 Å². The molecule has 116 valence electrons. The topological polar surface area (TPSA) is 24.8 Å². The van der Waals surface area contributed by atoms with Gasteiger partial charge in [0.2, 0.25) is 5.91 Å². The van der Waals surface area contributed by atoms with E-state index >= 15 is 0 Å². The highest BCUT2D eigenvalue weighted by atomic mass is 16.2. The maximum Gasteiger partial charge on any atom is 0.219 e. The Morgan fingerprint density at radius 2 is 2.05 bits per heavy atom. The van der Waals surface area contributed by atoms with Gasteiger partial charge in [0, 0.05) is 26.4 Å². The van der Waals surface area contributed by atoms with Gasteiger partial charge in [0.25, 0.3) is 0 Å². The third-order valence-corrected chi connectivity index (χ3v) is 4.58. The number of amides is 1. The van der Waals surface area contributed by atoms with E-state index in [0.717, 1.165) is 26.1 Å². The molecule has 20 heavy (non-hydrogen) atoms. The highest BCUT2D eigenvalue weighted by Gasteiger charge is 2.29. The van der Waals surface area contributed by atoms with Gasteiger partial charge in [-0.2, -0.15) is 0 Å². The van der Waals surface area contributed by atoms with Crippen LogP contribution in [0.15, 0.2) is 11.6 Å². The Morgan fingerprint density at radius 3 is 2.55 bits per heavy atom. The first-order valence-electron chi connectivity index (χ1n) is 8.03. The van der Waals surface area contributed by atoms with Gasteiger partial charge in [-0.05, 0) is 31.1 Å². The summed E-state index contributed by atoms with van der Waals surface area (Å²) < 4.78 is 0. The van der Waals surface area contributed by atoms with E-state index in [9.17, 15) is 4.79 Å². The van der Waals surface area contributed by atoms with E-state index < -0.39 is 0 Å². The summed E-state index contributed by atoms with van der Waals surface area (Å²) in [5.74, 6) is 2.09. The second kappa shape index (κ2) is 7.82. The van der Waals surface area contributed by atoms with Crippen LogP contribution in [-0.4, -0.2) is 44.5 Å². The Morgan fingerprint density at radius 1 is 1.40 bits per heavy atom. The maximum absolute atomic E-state index is 11.9. The van der Waals surface area contributed by atoms with E-state index in [1.165, 1.54) is 16.9 Å². The fourth-order valence-corrected chi connectivity index (χ4v) is 3.42. The molecule has 3 heteroatoms. The fourth-order valence-electron chi connectivity index (χ4n) is 3.42. The Labute approximate surface area is 125 Å². The molecule has 0 aromatic heterocycles. The molecular weight excluding hydrogens is 248 g/mol. The molecule has 0 saturated carbocycles. The minimum Gasteiger partial charge on any atom is -0.342 e. The Hall–Kier alpha value is -0.830. The molecule has 3 nitrogen and oxygen atoms in total. The molecule has 0 spiro atoms. The van der Waals surface area contributed by atoms with Crippen LogP contribution in [0.3, 0.4) is 0 Å². The summed E-state index contributed by atoms with van der Waals surface area (Å²) >= 11 is 0. The van der Waals surface area contributed by atoms with Crippen molar-refractivity contribution in [3.8, 4) is 0 Å². The molecule has 1 aliphatic rings. The van der Waals surface area contributed by atoms with Crippen LogP contribution in [-0.2, 0) is 4.79 Å². The zero-order valence-electron chi connectivity index (χ0n) is 14.2. The number of nitrogens with one attached hydrogen (secondary N) is 1. The Balaban J connectivity index is 2.59. The molecule has 1 aliphatic carbocycles. The molecule has 1 rings (SSSR count). The molecule has 0 aromatic carbocycles. The van der Waals surface area contributed by atoms with Gasteiger partial charge in [-0.3, -0.25) is 4.79 Å². The number of allylic oxidation sites excluding steroid dienone is 2. The summed E-state index contributed by atoms with van der Waals surface area (Å²) in [4.78, 5) is 15.4. The molecule has 0 bridgehead atoms. The van der Waals surface area contributed by atoms with Crippen LogP contribution in [0.5, 0.6) is 0 Å². The first kappa shape index (κ1) is 17.2.